The number of amides is 1. The second kappa shape index (κ2) is 10.3. The van der Waals surface area contributed by atoms with Crippen LogP contribution in [0.15, 0.2) is 29.2 Å². The molecule has 0 aliphatic heterocycles. The maximum absolute atomic E-state index is 12.5. The zero-order valence-corrected chi connectivity index (χ0v) is 19.7. The van der Waals surface area contributed by atoms with Gasteiger partial charge in [0.05, 0.1) is 4.90 Å². The molecule has 0 fully saturated rings. The van der Waals surface area contributed by atoms with Crippen molar-refractivity contribution in [1.82, 2.24) is 10.0 Å². The van der Waals surface area contributed by atoms with Crippen LogP contribution >= 0.6 is 0 Å². The van der Waals surface area contributed by atoms with Gasteiger partial charge in [-0.25, -0.2) is 22.7 Å². The van der Waals surface area contributed by atoms with E-state index in [1.54, 1.807) is 53.7 Å². The summed E-state index contributed by atoms with van der Waals surface area (Å²) in [5.74, 6) is -0.602. The number of benzene rings is 1. The summed E-state index contributed by atoms with van der Waals surface area (Å²) in [5, 5.41) is 2.52. The highest BCUT2D eigenvalue weighted by atomic mass is 32.2. The van der Waals surface area contributed by atoms with Crippen LogP contribution in [0.25, 0.3) is 0 Å². The Labute approximate surface area is 179 Å². The van der Waals surface area contributed by atoms with Crippen LogP contribution in [-0.4, -0.2) is 44.3 Å². The number of rotatable bonds is 8. The minimum absolute atomic E-state index is 0.103. The molecule has 1 atom stereocenters. The van der Waals surface area contributed by atoms with Gasteiger partial charge in [0.2, 0.25) is 10.0 Å². The average molecular weight is 443 g/mol. The summed E-state index contributed by atoms with van der Waals surface area (Å²) in [5.41, 5.74) is -0.480. The van der Waals surface area contributed by atoms with E-state index >= 15 is 0 Å². The van der Waals surface area contributed by atoms with Crippen molar-refractivity contribution in [2.24, 2.45) is 0 Å². The standard InChI is InChI=1S/C21H34N2O6S/c1-15-10-12-16(13-11-15)30(26,27)22-14-8-9-17(18(24)28-20(2,3)4)23-19(25)29-21(5,6)7/h10-13,17,22H,8-9,14H2,1-7H3,(H,23,25)/t17-/m0/s1. The van der Waals surface area contributed by atoms with E-state index in [0.717, 1.165) is 5.56 Å². The van der Waals surface area contributed by atoms with Crippen molar-refractivity contribution in [1.29, 1.82) is 0 Å². The number of hydrogen-bond donors (Lipinski definition) is 2. The van der Waals surface area contributed by atoms with Crippen LogP contribution in [0.1, 0.15) is 59.9 Å². The Morgan fingerprint density at radius 3 is 2.00 bits per heavy atom. The van der Waals surface area contributed by atoms with Crippen molar-refractivity contribution in [3.63, 3.8) is 0 Å². The Morgan fingerprint density at radius 1 is 0.967 bits per heavy atom. The highest BCUT2D eigenvalue weighted by molar-refractivity contribution is 7.89. The van der Waals surface area contributed by atoms with Gasteiger partial charge in [-0.1, -0.05) is 17.7 Å². The molecule has 1 aromatic carbocycles. The fraction of sp³-hybridized carbons (Fsp3) is 0.619. The quantitative estimate of drug-likeness (QED) is 0.472. The molecular weight excluding hydrogens is 408 g/mol. The van der Waals surface area contributed by atoms with Crippen LogP contribution in [0.5, 0.6) is 0 Å². The maximum atomic E-state index is 12.5. The molecule has 0 heterocycles. The fourth-order valence-corrected chi connectivity index (χ4v) is 3.46. The first-order chi connectivity index (χ1) is 13.6. The third-order valence-corrected chi connectivity index (χ3v) is 5.15. The van der Waals surface area contributed by atoms with Gasteiger partial charge in [0.15, 0.2) is 0 Å². The molecule has 0 saturated carbocycles. The molecule has 0 radical (unpaired) electrons. The number of carbonyl (C=O) groups is 2. The van der Waals surface area contributed by atoms with E-state index in [1.807, 2.05) is 6.92 Å². The Morgan fingerprint density at radius 2 is 1.50 bits per heavy atom. The van der Waals surface area contributed by atoms with E-state index < -0.39 is 39.3 Å². The van der Waals surface area contributed by atoms with E-state index in [-0.39, 0.29) is 17.9 Å². The fourth-order valence-electron chi connectivity index (χ4n) is 2.39. The Bertz CT molecular complexity index is 821. The second-order valence-corrected chi connectivity index (χ2v) is 10.9. The first-order valence-corrected chi connectivity index (χ1v) is 11.4. The topological polar surface area (TPSA) is 111 Å². The third-order valence-electron chi connectivity index (χ3n) is 3.68. The lowest BCUT2D eigenvalue weighted by Gasteiger charge is -2.26. The molecule has 1 aromatic rings. The van der Waals surface area contributed by atoms with Crippen LogP contribution in [0.4, 0.5) is 4.79 Å². The number of esters is 1. The predicted octanol–water partition coefficient (Wildman–Crippen LogP) is 3.29. The van der Waals surface area contributed by atoms with Crippen LogP contribution in [0.2, 0.25) is 0 Å². The molecule has 9 heteroatoms. The zero-order valence-electron chi connectivity index (χ0n) is 18.9. The van der Waals surface area contributed by atoms with Gasteiger partial charge in [0, 0.05) is 6.54 Å². The van der Waals surface area contributed by atoms with E-state index in [4.69, 9.17) is 9.47 Å². The van der Waals surface area contributed by atoms with Gasteiger partial charge >= 0.3 is 12.1 Å². The van der Waals surface area contributed by atoms with E-state index in [9.17, 15) is 18.0 Å². The number of hydrogen-bond acceptors (Lipinski definition) is 6. The lowest BCUT2D eigenvalue weighted by molar-refractivity contribution is -0.157. The summed E-state index contributed by atoms with van der Waals surface area (Å²) in [6.07, 6.45) is -0.242. The van der Waals surface area contributed by atoms with Crippen molar-refractivity contribution in [3.8, 4) is 0 Å². The zero-order chi connectivity index (χ0) is 23.2. The highest BCUT2D eigenvalue weighted by Crippen LogP contribution is 2.13. The molecule has 0 spiro atoms. The molecular formula is C21H34N2O6S. The summed E-state index contributed by atoms with van der Waals surface area (Å²) < 4.78 is 37.8. The molecule has 0 unspecified atom stereocenters. The van der Waals surface area contributed by atoms with Crippen molar-refractivity contribution in [2.45, 2.75) is 83.4 Å². The maximum Gasteiger partial charge on any atom is 0.408 e. The smallest absolute Gasteiger partial charge is 0.408 e. The molecule has 0 aromatic heterocycles. The number of aryl methyl sites for hydroxylation is 1. The molecule has 0 aliphatic carbocycles. The number of sulfonamides is 1. The van der Waals surface area contributed by atoms with Gasteiger partial charge < -0.3 is 14.8 Å². The number of nitrogens with one attached hydrogen (secondary N) is 2. The molecule has 2 N–H and O–H groups in total. The molecule has 1 rings (SSSR count). The van der Waals surface area contributed by atoms with Gasteiger partial charge in [-0.15, -0.1) is 0 Å². The van der Waals surface area contributed by atoms with E-state index in [2.05, 4.69) is 10.0 Å². The van der Waals surface area contributed by atoms with Crippen LogP contribution in [-0.2, 0) is 24.3 Å². The normalized spacial score (nSPS) is 13.4. The van der Waals surface area contributed by atoms with Gasteiger partial charge in [-0.3, -0.25) is 0 Å². The van der Waals surface area contributed by atoms with E-state index in [0.29, 0.717) is 6.42 Å². The van der Waals surface area contributed by atoms with Gasteiger partial charge in [0.1, 0.15) is 17.2 Å². The van der Waals surface area contributed by atoms with Crippen molar-refractivity contribution in [2.75, 3.05) is 6.54 Å². The monoisotopic (exact) mass is 442 g/mol. The molecule has 30 heavy (non-hydrogen) atoms. The summed E-state index contributed by atoms with van der Waals surface area (Å²) in [6.45, 7) is 12.3. The van der Waals surface area contributed by atoms with Gasteiger partial charge in [-0.2, -0.15) is 0 Å². The Hall–Kier alpha value is -2.13. The van der Waals surface area contributed by atoms with Crippen molar-refractivity contribution < 1.29 is 27.5 Å². The third kappa shape index (κ3) is 10.1. The molecule has 1 amide bonds. The molecule has 170 valence electrons. The SMILES string of the molecule is Cc1ccc(S(=O)(=O)NCCC[C@H](NC(=O)OC(C)(C)C)C(=O)OC(C)(C)C)cc1. The first-order valence-electron chi connectivity index (χ1n) is 9.88. The molecule has 8 nitrogen and oxygen atoms in total. The molecule has 0 bridgehead atoms. The van der Waals surface area contributed by atoms with Crippen molar-refractivity contribution >= 4 is 22.1 Å². The average Bonchev–Trinajstić information content (AvgIpc) is 2.54. The number of alkyl carbamates (subject to hydrolysis) is 1. The number of ether oxygens (including phenoxy) is 2. The molecule has 0 saturated heterocycles. The van der Waals surface area contributed by atoms with Gasteiger partial charge in [0.25, 0.3) is 0 Å². The lowest BCUT2D eigenvalue weighted by atomic mass is 10.1. The summed E-state index contributed by atoms with van der Waals surface area (Å²) in [6, 6.07) is 5.55. The Kier molecular flexibility index (Phi) is 8.86. The molecule has 0 aliphatic rings. The summed E-state index contributed by atoms with van der Waals surface area (Å²) in [7, 11) is -3.65. The first kappa shape index (κ1) is 25.9. The Balaban J connectivity index is 2.71. The predicted molar refractivity (Wildman–Crippen MR) is 115 cm³/mol. The minimum Gasteiger partial charge on any atom is -0.458 e. The van der Waals surface area contributed by atoms with Crippen LogP contribution in [0, 0.1) is 6.92 Å². The summed E-state index contributed by atoms with van der Waals surface area (Å²) >= 11 is 0. The van der Waals surface area contributed by atoms with Crippen LogP contribution in [0.3, 0.4) is 0 Å². The second-order valence-electron chi connectivity index (χ2n) is 9.09. The van der Waals surface area contributed by atoms with Crippen LogP contribution < -0.4 is 10.0 Å². The van der Waals surface area contributed by atoms with Crippen molar-refractivity contribution in [3.05, 3.63) is 29.8 Å². The largest absolute Gasteiger partial charge is 0.458 e. The minimum atomic E-state index is -3.65. The lowest BCUT2D eigenvalue weighted by Crippen LogP contribution is -2.46. The van der Waals surface area contributed by atoms with E-state index in [1.165, 1.54) is 12.1 Å². The van der Waals surface area contributed by atoms with Gasteiger partial charge in [-0.05, 0) is 73.4 Å². The highest BCUT2D eigenvalue weighted by Gasteiger charge is 2.28. The number of carbonyl (C=O) groups excluding carboxylic acids is 2. The summed E-state index contributed by atoms with van der Waals surface area (Å²) in [4.78, 5) is 24.7.